The van der Waals surface area contributed by atoms with Crippen molar-refractivity contribution in [2.24, 2.45) is 0 Å². The Morgan fingerprint density at radius 3 is 2.75 bits per heavy atom. The number of aryl methyl sites for hydroxylation is 1. The van der Waals surface area contributed by atoms with Crippen LogP contribution in [0.15, 0.2) is 37.1 Å². The van der Waals surface area contributed by atoms with Gasteiger partial charge in [-0.05, 0) is 25.0 Å². The maximum absolute atomic E-state index is 13.1. The zero-order valence-electron chi connectivity index (χ0n) is 17.0. The number of hydrogen-bond donors (Lipinski definition) is 2. The van der Waals surface area contributed by atoms with Crippen LogP contribution in [0.3, 0.4) is 0 Å². The smallest absolute Gasteiger partial charge is 0.391 e. The summed E-state index contributed by atoms with van der Waals surface area (Å²) in [6.07, 6.45) is 2.22. The second kappa shape index (κ2) is 7.55. The molecule has 1 aliphatic heterocycles. The van der Waals surface area contributed by atoms with E-state index in [-0.39, 0.29) is 17.4 Å². The van der Waals surface area contributed by atoms with Crippen LogP contribution in [0, 0.1) is 6.92 Å². The predicted molar refractivity (Wildman–Crippen MR) is 108 cm³/mol. The summed E-state index contributed by atoms with van der Waals surface area (Å²) in [5, 5.41) is 17.5. The molecule has 0 saturated carbocycles. The Bertz CT molecular complexity index is 1270. The molecule has 0 aromatic carbocycles. The predicted octanol–water partition coefficient (Wildman–Crippen LogP) is 2.59. The molecule has 0 radical (unpaired) electrons. The molecule has 0 aliphatic carbocycles. The van der Waals surface area contributed by atoms with Gasteiger partial charge in [-0.3, -0.25) is 9.50 Å². The number of aliphatic hydroxyl groups is 1. The summed E-state index contributed by atoms with van der Waals surface area (Å²) in [5.41, 5.74) is 1.46. The molecule has 32 heavy (non-hydrogen) atoms. The first kappa shape index (κ1) is 20.4. The van der Waals surface area contributed by atoms with E-state index < -0.39 is 18.0 Å². The van der Waals surface area contributed by atoms with Gasteiger partial charge in [0, 0.05) is 37.6 Å². The number of rotatable bonds is 3. The van der Waals surface area contributed by atoms with Crippen molar-refractivity contribution in [3.05, 3.63) is 54.0 Å². The van der Waals surface area contributed by atoms with Gasteiger partial charge in [-0.25, -0.2) is 19.9 Å². The number of fused-ring (bicyclic) bond motifs is 1. The van der Waals surface area contributed by atoms with E-state index in [1.54, 1.807) is 12.3 Å². The van der Waals surface area contributed by atoms with Gasteiger partial charge >= 0.3 is 6.18 Å². The van der Waals surface area contributed by atoms with E-state index in [0.717, 1.165) is 23.7 Å². The van der Waals surface area contributed by atoms with Gasteiger partial charge in [0.25, 0.3) is 0 Å². The Labute approximate surface area is 180 Å². The first-order chi connectivity index (χ1) is 15.3. The SMILES string of the molecule is Cc1n[nH]cc1C1C[C@H](O)CN(c2ccnc(-c3cnc4cnc(C(F)(F)F)cn34)n2)C1. The molecule has 5 rings (SSSR count). The zero-order chi connectivity index (χ0) is 22.5. The number of anilines is 1. The normalized spacial score (nSPS) is 19.6. The summed E-state index contributed by atoms with van der Waals surface area (Å²) in [7, 11) is 0. The minimum atomic E-state index is -4.58. The Hall–Kier alpha value is -3.54. The molecular formula is C20H19F3N8O. The van der Waals surface area contributed by atoms with Gasteiger partial charge in [-0.15, -0.1) is 0 Å². The van der Waals surface area contributed by atoms with Crippen LogP contribution >= 0.6 is 0 Å². The second-order valence-electron chi connectivity index (χ2n) is 7.80. The number of imidazole rings is 1. The third kappa shape index (κ3) is 3.66. The van der Waals surface area contributed by atoms with Crippen molar-refractivity contribution in [3.8, 4) is 11.5 Å². The third-order valence-corrected chi connectivity index (χ3v) is 5.62. The molecule has 4 aromatic heterocycles. The summed E-state index contributed by atoms with van der Waals surface area (Å²) >= 11 is 0. The van der Waals surface area contributed by atoms with Crippen molar-refractivity contribution in [1.29, 1.82) is 0 Å². The molecule has 12 heteroatoms. The zero-order valence-corrected chi connectivity index (χ0v) is 17.0. The number of H-pyrrole nitrogens is 1. The van der Waals surface area contributed by atoms with Crippen molar-refractivity contribution in [3.63, 3.8) is 0 Å². The molecule has 0 bridgehead atoms. The quantitative estimate of drug-likeness (QED) is 0.500. The Balaban J connectivity index is 1.49. The fourth-order valence-corrected chi connectivity index (χ4v) is 4.12. The molecule has 0 amide bonds. The second-order valence-corrected chi connectivity index (χ2v) is 7.80. The highest BCUT2D eigenvalue weighted by Gasteiger charge is 2.33. The molecule has 1 fully saturated rings. The monoisotopic (exact) mass is 444 g/mol. The number of aromatic amines is 1. The van der Waals surface area contributed by atoms with E-state index >= 15 is 0 Å². The number of nitrogens with one attached hydrogen (secondary N) is 1. The van der Waals surface area contributed by atoms with Crippen molar-refractivity contribution >= 4 is 11.5 Å². The van der Waals surface area contributed by atoms with Crippen LogP contribution in [0.25, 0.3) is 17.2 Å². The van der Waals surface area contributed by atoms with Crippen molar-refractivity contribution in [2.45, 2.75) is 31.5 Å². The molecule has 1 saturated heterocycles. The van der Waals surface area contributed by atoms with Crippen molar-refractivity contribution < 1.29 is 18.3 Å². The Morgan fingerprint density at radius 2 is 2.00 bits per heavy atom. The highest BCUT2D eigenvalue weighted by atomic mass is 19.4. The lowest BCUT2D eigenvalue weighted by molar-refractivity contribution is -0.141. The van der Waals surface area contributed by atoms with E-state index in [2.05, 4.69) is 30.1 Å². The third-order valence-electron chi connectivity index (χ3n) is 5.62. The van der Waals surface area contributed by atoms with E-state index in [1.807, 2.05) is 18.0 Å². The van der Waals surface area contributed by atoms with Crippen LogP contribution in [0.2, 0.25) is 0 Å². The molecule has 5 heterocycles. The highest BCUT2D eigenvalue weighted by molar-refractivity contribution is 5.58. The molecule has 2 atom stereocenters. The number of aromatic nitrogens is 7. The van der Waals surface area contributed by atoms with Crippen molar-refractivity contribution in [1.82, 2.24) is 34.5 Å². The van der Waals surface area contributed by atoms with Gasteiger partial charge in [0.05, 0.1) is 24.2 Å². The minimum absolute atomic E-state index is 0.0622. The van der Waals surface area contributed by atoms with Crippen LogP contribution in [-0.2, 0) is 6.18 Å². The van der Waals surface area contributed by atoms with Gasteiger partial charge in [0.15, 0.2) is 17.2 Å². The number of aliphatic hydroxyl groups excluding tert-OH is 1. The number of hydrogen-bond acceptors (Lipinski definition) is 7. The van der Waals surface area contributed by atoms with Crippen LogP contribution in [0.1, 0.15) is 29.3 Å². The lowest BCUT2D eigenvalue weighted by atomic mass is 9.89. The molecular weight excluding hydrogens is 425 g/mol. The van der Waals surface area contributed by atoms with Gasteiger partial charge in [-0.1, -0.05) is 0 Å². The minimum Gasteiger partial charge on any atom is -0.391 e. The first-order valence-corrected chi connectivity index (χ1v) is 9.96. The molecule has 2 N–H and O–H groups in total. The summed E-state index contributed by atoms with van der Waals surface area (Å²) in [5.74, 6) is 0.859. The van der Waals surface area contributed by atoms with E-state index in [1.165, 1.54) is 10.6 Å². The lowest BCUT2D eigenvalue weighted by Gasteiger charge is -2.36. The van der Waals surface area contributed by atoms with E-state index in [9.17, 15) is 18.3 Å². The topological polar surface area (TPSA) is 108 Å². The summed E-state index contributed by atoms with van der Waals surface area (Å²) in [4.78, 5) is 18.3. The highest BCUT2D eigenvalue weighted by Crippen LogP contribution is 2.32. The maximum atomic E-state index is 13.1. The van der Waals surface area contributed by atoms with E-state index in [0.29, 0.717) is 31.0 Å². The lowest BCUT2D eigenvalue weighted by Crippen LogP contribution is -2.42. The molecule has 0 spiro atoms. The number of β-amino-alcohol motifs (C(OH)–C–C–N with tert-alkyl or cyclic N) is 1. The summed E-state index contributed by atoms with van der Waals surface area (Å²) < 4.78 is 40.6. The van der Waals surface area contributed by atoms with Gasteiger partial charge in [0.1, 0.15) is 11.5 Å². The Kier molecular flexibility index (Phi) is 4.81. The molecule has 9 nitrogen and oxygen atoms in total. The fraction of sp³-hybridized carbons (Fsp3) is 0.350. The maximum Gasteiger partial charge on any atom is 0.434 e. The molecule has 166 valence electrons. The Morgan fingerprint density at radius 1 is 1.16 bits per heavy atom. The average molecular weight is 444 g/mol. The number of piperidine rings is 1. The van der Waals surface area contributed by atoms with E-state index in [4.69, 9.17) is 0 Å². The fourth-order valence-electron chi connectivity index (χ4n) is 4.12. The number of alkyl halides is 3. The summed E-state index contributed by atoms with van der Waals surface area (Å²) in [6, 6.07) is 1.72. The summed E-state index contributed by atoms with van der Waals surface area (Å²) in [6.45, 7) is 2.91. The molecule has 4 aromatic rings. The molecule has 1 unspecified atom stereocenters. The van der Waals surface area contributed by atoms with Gasteiger partial charge in [0.2, 0.25) is 0 Å². The van der Waals surface area contributed by atoms with Crippen molar-refractivity contribution in [2.75, 3.05) is 18.0 Å². The van der Waals surface area contributed by atoms with Crippen LogP contribution < -0.4 is 4.90 Å². The number of halogens is 3. The average Bonchev–Trinajstić information content (AvgIpc) is 3.38. The standard InChI is InChI=1S/C20H19F3N8O/c1-11-14(5-27-29-11)12-4-13(32)9-30(8-12)17-2-3-24-19(28-17)15-6-26-18-7-25-16(10-31(15)18)20(21,22)23/h2-3,5-7,10,12-13,32H,4,8-9H2,1H3,(H,27,29)/t12?,13-/m0/s1. The van der Waals surface area contributed by atoms with Crippen LogP contribution in [0.5, 0.6) is 0 Å². The van der Waals surface area contributed by atoms with Crippen LogP contribution in [-0.4, -0.2) is 58.8 Å². The largest absolute Gasteiger partial charge is 0.434 e. The van der Waals surface area contributed by atoms with Gasteiger partial charge < -0.3 is 10.0 Å². The van der Waals surface area contributed by atoms with Gasteiger partial charge in [-0.2, -0.15) is 18.3 Å². The molecule has 1 aliphatic rings. The van der Waals surface area contributed by atoms with Crippen LogP contribution in [0.4, 0.5) is 19.0 Å². The first-order valence-electron chi connectivity index (χ1n) is 9.96. The number of nitrogens with zero attached hydrogens (tertiary/aromatic N) is 7.